The number of piperazine rings is 1. The number of hydrogen-bond acceptors (Lipinski definition) is 4. The summed E-state index contributed by atoms with van der Waals surface area (Å²) in [6.07, 6.45) is 1.12. The van der Waals surface area contributed by atoms with Gasteiger partial charge in [-0.2, -0.15) is 0 Å². The highest BCUT2D eigenvalue weighted by Crippen LogP contribution is 2.35. The molecule has 0 radical (unpaired) electrons. The Kier molecular flexibility index (Phi) is 4.75. The number of rotatable bonds is 4. The van der Waals surface area contributed by atoms with E-state index in [0.29, 0.717) is 19.4 Å². The van der Waals surface area contributed by atoms with Crippen molar-refractivity contribution >= 4 is 17.3 Å². The Balaban J connectivity index is 1.49. The van der Waals surface area contributed by atoms with E-state index in [1.54, 1.807) is 6.07 Å². The normalized spacial score (nSPS) is 19.2. The van der Waals surface area contributed by atoms with Crippen molar-refractivity contribution in [1.29, 1.82) is 0 Å². The lowest BCUT2D eigenvalue weighted by molar-refractivity contribution is -0.116. The number of carbonyl (C=O) groups excluding carboxylic acids is 1. The fourth-order valence-electron chi connectivity index (χ4n) is 3.60. The van der Waals surface area contributed by atoms with Gasteiger partial charge in [-0.25, -0.2) is 4.39 Å². The molecule has 2 aliphatic rings. The van der Waals surface area contributed by atoms with Gasteiger partial charge < -0.3 is 20.3 Å². The van der Waals surface area contributed by atoms with Crippen LogP contribution in [0.25, 0.3) is 0 Å². The lowest BCUT2D eigenvalue weighted by atomic mass is 10.1. The molecule has 5 nitrogen and oxygen atoms in total. The second-order valence-electron chi connectivity index (χ2n) is 6.71. The molecule has 0 aromatic heterocycles. The minimum Gasteiger partial charge on any atom is -0.493 e. The summed E-state index contributed by atoms with van der Waals surface area (Å²) in [7, 11) is 0. The Morgan fingerprint density at radius 1 is 1.23 bits per heavy atom. The number of benzene rings is 2. The maximum atomic E-state index is 13.2. The number of nitrogens with zero attached hydrogens (tertiary/aromatic N) is 1. The van der Waals surface area contributed by atoms with E-state index >= 15 is 0 Å². The Morgan fingerprint density at radius 3 is 3.04 bits per heavy atom. The van der Waals surface area contributed by atoms with Crippen LogP contribution in [0.15, 0.2) is 42.5 Å². The second-order valence-corrected chi connectivity index (χ2v) is 6.71. The summed E-state index contributed by atoms with van der Waals surface area (Å²) in [5, 5.41) is 6.34. The van der Waals surface area contributed by atoms with E-state index in [2.05, 4.69) is 15.5 Å². The minimum absolute atomic E-state index is 0.0437. The van der Waals surface area contributed by atoms with Crippen LogP contribution in [0.1, 0.15) is 12.0 Å². The molecule has 0 bridgehead atoms. The molecule has 1 saturated heterocycles. The summed E-state index contributed by atoms with van der Waals surface area (Å²) in [4.78, 5) is 14.4. The summed E-state index contributed by atoms with van der Waals surface area (Å²) in [6, 6.07) is 12.5. The highest BCUT2D eigenvalue weighted by molar-refractivity contribution is 5.97. The predicted molar refractivity (Wildman–Crippen MR) is 99.3 cm³/mol. The zero-order valence-corrected chi connectivity index (χ0v) is 14.5. The number of fused-ring (bicyclic) bond motifs is 3. The Labute approximate surface area is 152 Å². The van der Waals surface area contributed by atoms with Crippen molar-refractivity contribution in [3.05, 3.63) is 53.8 Å². The number of hydrogen-bond donors (Lipinski definition) is 2. The summed E-state index contributed by atoms with van der Waals surface area (Å²) < 4.78 is 19.1. The van der Waals surface area contributed by atoms with Crippen molar-refractivity contribution in [2.45, 2.75) is 18.9 Å². The number of carbonyl (C=O) groups is 1. The van der Waals surface area contributed by atoms with Crippen molar-refractivity contribution < 1.29 is 13.9 Å². The van der Waals surface area contributed by atoms with Crippen LogP contribution < -0.4 is 20.3 Å². The van der Waals surface area contributed by atoms with Gasteiger partial charge in [0.2, 0.25) is 5.91 Å². The standard InChI is InChI=1S/C20H22FN3O2/c21-15-3-1-2-14(10-15)6-9-26-17-4-5-18-19(12-17)24-8-7-22-13-16(24)11-20(25)23-18/h1-5,10,12,16,22H,6-9,11,13H2,(H,23,25)/t16-/m0/s1. The Morgan fingerprint density at radius 2 is 2.15 bits per heavy atom. The maximum Gasteiger partial charge on any atom is 0.226 e. The SMILES string of the molecule is O=C1C[C@H]2CNCCN2c2cc(OCCc3cccc(F)c3)ccc2N1. The van der Waals surface area contributed by atoms with Crippen molar-refractivity contribution in [2.75, 3.05) is 36.5 Å². The number of amides is 1. The Hall–Kier alpha value is -2.60. The molecule has 1 fully saturated rings. The third kappa shape index (κ3) is 3.65. The summed E-state index contributed by atoms with van der Waals surface area (Å²) in [6.45, 7) is 3.03. The fraction of sp³-hybridized carbons (Fsp3) is 0.350. The summed E-state index contributed by atoms with van der Waals surface area (Å²) in [5.41, 5.74) is 2.75. The first-order valence-corrected chi connectivity index (χ1v) is 8.97. The van der Waals surface area contributed by atoms with E-state index in [0.717, 1.165) is 42.3 Å². The van der Waals surface area contributed by atoms with Crippen LogP contribution in [0, 0.1) is 5.82 Å². The molecule has 6 heteroatoms. The van der Waals surface area contributed by atoms with E-state index in [1.165, 1.54) is 12.1 Å². The smallest absolute Gasteiger partial charge is 0.226 e. The van der Waals surface area contributed by atoms with Crippen LogP contribution in [-0.2, 0) is 11.2 Å². The average molecular weight is 355 g/mol. The van der Waals surface area contributed by atoms with Gasteiger partial charge in [0.05, 0.1) is 24.0 Å². The molecular weight excluding hydrogens is 333 g/mol. The van der Waals surface area contributed by atoms with Gasteiger partial charge in [0.1, 0.15) is 11.6 Å². The predicted octanol–water partition coefficient (Wildman–Crippen LogP) is 2.57. The molecule has 0 unspecified atom stereocenters. The van der Waals surface area contributed by atoms with Crippen LogP contribution in [0.2, 0.25) is 0 Å². The maximum absolute atomic E-state index is 13.2. The molecule has 0 spiro atoms. The van der Waals surface area contributed by atoms with Crippen LogP contribution in [0.3, 0.4) is 0 Å². The van der Waals surface area contributed by atoms with Crippen LogP contribution >= 0.6 is 0 Å². The third-order valence-corrected chi connectivity index (χ3v) is 4.87. The van der Waals surface area contributed by atoms with Crippen LogP contribution in [0.4, 0.5) is 15.8 Å². The molecule has 2 aromatic rings. The van der Waals surface area contributed by atoms with Gasteiger partial charge in [-0.1, -0.05) is 12.1 Å². The molecular formula is C20H22FN3O2. The van der Waals surface area contributed by atoms with Crippen molar-refractivity contribution in [2.24, 2.45) is 0 Å². The molecule has 1 amide bonds. The molecule has 0 aliphatic carbocycles. The lowest BCUT2D eigenvalue weighted by Gasteiger charge is -2.36. The topological polar surface area (TPSA) is 53.6 Å². The first-order chi connectivity index (χ1) is 12.7. The van der Waals surface area contributed by atoms with Gasteiger partial charge >= 0.3 is 0 Å². The van der Waals surface area contributed by atoms with E-state index < -0.39 is 0 Å². The van der Waals surface area contributed by atoms with E-state index in [1.807, 2.05) is 24.3 Å². The third-order valence-electron chi connectivity index (χ3n) is 4.87. The van der Waals surface area contributed by atoms with Gasteiger partial charge in [-0.15, -0.1) is 0 Å². The highest BCUT2D eigenvalue weighted by Gasteiger charge is 2.30. The van der Waals surface area contributed by atoms with E-state index in [-0.39, 0.29) is 17.8 Å². The van der Waals surface area contributed by atoms with E-state index in [9.17, 15) is 9.18 Å². The minimum atomic E-state index is -0.229. The van der Waals surface area contributed by atoms with Crippen LogP contribution in [0.5, 0.6) is 5.75 Å². The average Bonchev–Trinajstić information content (AvgIpc) is 2.77. The molecule has 2 heterocycles. The lowest BCUT2D eigenvalue weighted by Crippen LogP contribution is -2.51. The monoisotopic (exact) mass is 355 g/mol. The van der Waals surface area contributed by atoms with Gasteiger partial charge in [-0.3, -0.25) is 4.79 Å². The van der Waals surface area contributed by atoms with Gasteiger partial charge in [-0.05, 0) is 29.8 Å². The fourth-order valence-corrected chi connectivity index (χ4v) is 3.60. The molecule has 2 aromatic carbocycles. The van der Waals surface area contributed by atoms with Crippen molar-refractivity contribution in [1.82, 2.24) is 5.32 Å². The molecule has 1 atom stereocenters. The molecule has 4 rings (SSSR count). The summed E-state index contributed by atoms with van der Waals surface area (Å²) in [5.74, 6) is 0.573. The number of halogens is 1. The van der Waals surface area contributed by atoms with Gasteiger partial charge in [0.15, 0.2) is 0 Å². The largest absolute Gasteiger partial charge is 0.493 e. The molecule has 0 saturated carbocycles. The summed E-state index contributed by atoms with van der Waals surface area (Å²) >= 11 is 0. The van der Waals surface area contributed by atoms with Crippen LogP contribution in [-0.4, -0.2) is 38.2 Å². The van der Waals surface area contributed by atoms with E-state index in [4.69, 9.17) is 4.74 Å². The van der Waals surface area contributed by atoms with Gasteiger partial charge in [0.25, 0.3) is 0 Å². The second kappa shape index (κ2) is 7.33. The zero-order valence-electron chi connectivity index (χ0n) is 14.5. The molecule has 2 aliphatic heterocycles. The molecule has 136 valence electrons. The van der Waals surface area contributed by atoms with Gasteiger partial charge in [0, 0.05) is 38.5 Å². The number of anilines is 2. The number of ether oxygens (including phenoxy) is 1. The van der Waals surface area contributed by atoms with Crippen molar-refractivity contribution in [3.8, 4) is 5.75 Å². The van der Waals surface area contributed by atoms with Crippen molar-refractivity contribution in [3.63, 3.8) is 0 Å². The molecule has 2 N–H and O–H groups in total. The number of nitrogens with one attached hydrogen (secondary N) is 2. The first kappa shape index (κ1) is 16.8. The zero-order chi connectivity index (χ0) is 17.9. The molecule has 26 heavy (non-hydrogen) atoms. The first-order valence-electron chi connectivity index (χ1n) is 8.97. The Bertz CT molecular complexity index is 811. The quantitative estimate of drug-likeness (QED) is 0.885. The highest BCUT2D eigenvalue weighted by atomic mass is 19.1.